The second kappa shape index (κ2) is 9.39. The Morgan fingerprint density at radius 2 is 1.70 bits per heavy atom. The summed E-state index contributed by atoms with van der Waals surface area (Å²) in [5.74, 6) is -1.62. The standard InChI is InChI=1S/C22H20F4N4O3/c1-13(2)11-27-19(31)18-20(32)29(12-14-7-9-15(10-8-14)22(24,25)26)21(33)30(28-18)17-6-4-3-5-16(17)23/h3-10,13H,11-12H2,1-2H3,(H,27,31). The van der Waals surface area contributed by atoms with Crippen LogP contribution in [0.15, 0.2) is 58.1 Å². The molecule has 1 aromatic heterocycles. The van der Waals surface area contributed by atoms with Gasteiger partial charge in [-0.3, -0.25) is 14.2 Å². The van der Waals surface area contributed by atoms with E-state index in [4.69, 9.17) is 0 Å². The molecule has 2 aromatic carbocycles. The average Bonchev–Trinajstić information content (AvgIpc) is 2.75. The molecule has 3 aromatic rings. The molecule has 11 heteroatoms. The summed E-state index contributed by atoms with van der Waals surface area (Å²) in [5, 5.41) is 6.32. The van der Waals surface area contributed by atoms with Gasteiger partial charge in [0.25, 0.3) is 11.5 Å². The highest BCUT2D eigenvalue weighted by atomic mass is 19.4. The zero-order valence-electron chi connectivity index (χ0n) is 17.7. The first kappa shape index (κ1) is 23.9. The van der Waals surface area contributed by atoms with E-state index in [2.05, 4.69) is 10.4 Å². The predicted molar refractivity (Wildman–Crippen MR) is 112 cm³/mol. The summed E-state index contributed by atoms with van der Waals surface area (Å²) in [5.41, 5.74) is -3.74. The lowest BCUT2D eigenvalue weighted by atomic mass is 10.1. The topological polar surface area (TPSA) is 86.0 Å². The lowest BCUT2D eigenvalue weighted by Gasteiger charge is -2.14. The minimum atomic E-state index is -4.55. The summed E-state index contributed by atoms with van der Waals surface area (Å²) >= 11 is 0. The lowest BCUT2D eigenvalue weighted by Crippen LogP contribution is -2.46. The van der Waals surface area contributed by atoms with Crippen LogP contribution in [0.3, 0.4) is 0 Å². The summed E-state index contributed by atoms with van der Waals surface area (Å²) in [7, 11) is 0. The van der Waals surface area contributed by atoms with Crippen LogP contribution in [0, 0.1) is 11.7 Å². The zero-order valence-corrected chi connectivity index (χ0v) is 17.7. The van der Waals surface area contributed by atoms with Crippen LogP contribution in [-0.4, -0.2) is 26.8 Å². The monoisotopic (exact) mass is 464 g/mol. The Morgan fingerprint density at radius 3 is 2.27 bits per heavy atom. The van der Waals surface area contributed by atoms with Crippen molar-refractivity contribution in [2.24, 2.45) is 5.92 Å². The zero-order chi connectivity index (χ0) is 24.3. The van der Waals surface area contributed by atoms with Gasteiger partial charge in [-0.2, -0.15) is 23.0 Å². The van der Waals surface area contributed by atoms with Gasteiger partial charge in [0.1, 0.15) is 11.5 Å². The normalized spacial score (nSPS) is 11.6. The molecule has 1 amide bonds. The largest absolute Gasteiger partial charge is 0.416 e. The van der Waals surface area contributed by atoms with Crippen molar-refractivity contribution in [2.75, 3.05) is 6.54 Å². The van der Waals surface area contributed by atoms with Gasteiger partial charge >= 0.3 is 11.9 Å². The smallest absolute Gasteiger partial charge is 0.350 e. The van der Waals surface area contributed by atoms with Crippen LogP contribution < -0.4 is 16.6 Å². The molecule has 0 fully saturated rings. The third-order valence-electron chi connectivity index (χ3n) is 4.65. The van der Waals surface area contributed by atoms with Crippen molar-refractivity contribution < 1.29 is 22.4 Å². The molecule has 7 nitrogen and oxygen atoms in total. The van der Waals surface area contributed by atoms with E-state index >= 15 is 0 Å². The SMILES string of the molecule is CC(C)CNC(=O)c1nn(-c2ccccc2F)c(=O)n(Cc2ccc(C(F)(F)F)cc2)c1=O. The van der Waals surface area contributed by atoms with Gasteiger partial charge in [0.15, 0.2) is 0 Å². The molecule has 0 aliphatic rings. The minimum absolute atomic E-state index is 0.0563. The van der Waals surface area contributed by atoms with Crippen molar-refractivity contribution in [3.8, 4) is 5.69 Å². The Morgan fingerprint density at radius 1 is 1.06 bits per heavy atom. The Hall–Kier alpha value is -3.76. The third-order valence-corrected chi connectivity index (χ3v) is 4.65. The molecule has 0 saturated carbocycles. The number of amides is 1. The Balaban J connectivity index is 2.14. The quantitative estimate of drug-likeness (QED) is 0.569. The molecule has 1 N–H and O–H groups in total. The maximum atomic E-state index is 14.4. The molecule has 0 aliphatic carbocycles. The van der Waals surface area contributed by atoms with Crippen LogP contribution >= 0.6 is 0 Å². The van der Waals surface area contributed by atoms with Gasteiger partial charge in [0.05, 0.1) is 12.1 Å². The van der Waals surface area contributed by atoms with Crippen LogP contribution in [0.25, 0.3) is 5.69 Å². The molecule has 0 atom stereocenters. The average molecular weight is 464 g/mol. The molecular formula is C22H20F4N4O3. The predicted octanol–water partition coefficient (Wildman–Crippen LogP) is 2.99. The summed E-state index contributed by atoms with van der Waals surface area (Å²) < 4.78 is 54.1. The van der Waals surface area contributed by atoms with Crippen LogP contribution in [0.2, 0.25) is 0 Å². The molecule has 0 radical (unpaired) electrons. The van der Waals surface area contributed by atoms with Gasteiger partial charge in [-0.25, -0.2) is 9.18 Å². The number of rotatable bonds is 6. The molecule has 174 valence electrons. The highest BCUT2D eigenvalue weighted by Crippen LogP contribution is 2.29. The summed E-state index contributed by atoms with van der Waals surface area (Å²) in [6.45, 7) is 3.43. The van der Waals surface area contributed by atoms with Crippen molar-refractivity contribution in [2.45, 2.75) is 26.6 Å². The lowest BCUT2D eigenvalue weighted by molar-refractivity contribution is -0.137. The second-order valence-electron chi connectivity index (χ2n) is 7.68. The number of carbonyl (C=O) groups is 1. The fourth-order valence-electron chi connectivity index (χ4n) is 2.94. The van der Waals surface area contributed by atoms with E-state index < -0.39 is 47.0 Å². The van der Waals surface area contributed by atoms with Gasteiger partial charge in [0.2, 0.25) is 5.69 Å². The fourth-order valence-corrected chi connectivity index (χ4v) is 2.94. The van der Waals surface area contributed by atoms with Crippen LogP contribution in [-0.2, 0) is 12.7 Å². The Bertz CT molecular complexity index is 1280. The maximum absolute atomic E-state index is 14.4. The van der Waals surface area contributed by atoms with Gasteiger partial charge in [-0.15, -0.1) is 0 Å². The van der Waals surface area contributed by atoms with Crippen molar-refractivity contribution in [3.63, 3.8) is 0 Å². The molecule has 33 heavy (non-hydrogen) atoms. The van der Waals surface area contributed by atoms with Crippen molar-refractivity contribution >= 4 is 5.91 Å². The first-order chi connectivity index (χ1) is 15.5. The van der Waals surface area contributed by atoms with E-state index in [0.29, 0.717) is 9.25 Å². The number of halogens is 4. The van der Waals surface area contributed by atoms with Crippen molar-refractivity contribution in [1.82, 2.24) is 19.7 Å². The first-order valence-corrected chi connectivity index (χ1v) is 9.92. The molecule has 0 aliphatic heterocycles. The van der Waals surface area contributed by atoms with E-state index in [1.807, 2.05) is 13.8 Å². The number of para-hydroxylation sites is 1. The number of alkyl halides is 3. The number of nitrogens with zero attached hydrogens (tertiary/aromatic N) is 3. The van der Waals surface area contributed by atoms with E-state index in [-0.39, 0.29) is 23.7 Å². The molecule has 0 unspecified atom stereocenters. The van der Waals surface area contributed by atoms with Gasteiger partial charge in [0, 0.05) is 6.54 Å². The molecular weight excluding hydrogens is 444 g/mol. The number of hydrogen-bond donors (Lipinski definition) is 1. The van der Waals surface area contributed by atoms with E-state index in [1.165, 1.54) is 18.2 Å². The number of aromatic nitrogens is 3. The minimum Gasteiger partial charge on any atom is -0.350 e. The van der Waals surface area contributed by atoms with Gasteiger partial charge in [-0.05, 0) is 35.7 Å². The summed E-state index contributed by atoms with van der Waals surface area (Å²) in [6, 6.07) is 9.00. The molecule has 3 rings (SSSR count). The third kappa shape index (κ3) is 5.36. The molecule has 0 saturated heterocycles. The van der Waals surface area contributed by atoms with Crippen molar-refractivity contribution in [3.05, 3.63) is 92.0 Å². The molecule has 0 spiro atoms. The number of benzene rings is 2. The fraction of sp³-hybridized carbons (Fsp3) is 0.273. The van der Waals surface area contributed by atoms with Crippen LogP contribution in [0.4, 0.5) is 17.6 Å². The Labute approximate surface area is 185 Å². The van der Waals surface area contributed by atoms with Gasteiger partial charge < -0.3 is 5.32 Å². The highest BCUT2D eigenvalue weighted by Gasteiger charge is 2.30. The van der Waals surface area contributed by atoms with E-state index in [0.717, 1.165) is 30.3 Å². The van der Waals surface area contributed by atoms with Crippen LogP contribution in [0.5, 0.6) is 0 Å². The molecule has 0 bridgehead atoms. The number of hydrogen-bond acceptors (Lipinski definition) is 4. The van der Waals surface area contributed by atoms with E-state index in [9.17, 15) is 31.9 Å². The molecule has 1 heterocycles. The number of carbonyl (C=O) groups excluding carboxylic acids is 1. The maximum Gasteiger partial charge on any atom is 0.416 e. The Kier molecular flexibility index (Phi) is 6.80. The van der Waals surface area contributed by atoms with Gasteiger partial charge in [-0.1, -0.05) is 38.1 Å². The summed E-state index contributed by atoms with van der Waals surface area (Å²) in [6.07, 6.45) is -4.55. The summed E-state index contributed by atoms with van der Waals surface area (Å²) in [4.78, 5) is 38.5. The van der Waals surface area contributed by atoms with Crippen molar-refractivity contribution in [1.29, 1.82) is 0 Å². The highest BCUT2D eigenvalue weighted by molar-refractivity contribution is 5.91. The first-order valence-electron chi connectivity index (χ1n) is 9.92. The second-order valence-corrected chi connectivity index (χ2v) is 7.68. The van der Waals surface area contributed by atoms with E-state index in [1.54, 1.807) is 0 Å². The number of nitrogens with one attached hydrogen (secondary N) is 1. The van der Waals surface area contributed by atoms with Crippen LogP contribution in [0.1, 0.15) is 35.5 Å².